The molecule has 2 atom stereocenters. The molecule has 0 saturated carbocycles. The Kier molecular flexibility index (Phi) is 5.90. The second-order valence-electron chi connectivity index (χ2n) is 5.87. The van der Waals surface area contributed by atoms with Crippen molar-refractivity contribution in [2.45, 2.75) is 32.2 Å². The van der Waals surface area contributed by atoms with E-state index in [-0.39, 0.29) is 0 Å². The summed E-state index contributed by atoms with van der Waals surface area (Å²) in [4.78, 5) is 22.8. The molecule has 0 heterocycles. The summed E-state index contributed by atoms with van der Waals surface area (Å²) in [5.74, 6) is -2.91. The fraction of sp³-hybridized carbons (Fsp3) is 0.263. The molecule has 0 saturated heterocycles. The van der Waals surface area contributed by atoms with Crippen molar-refractivity contribution in [2.75, 3.05) is 0 Å². The van der Waals surface area contributed by atoms with E-state index in [0.29, 0.717) is 11.1 Å². The molecule has 2 aromatic rings. The third kappa shape index (κ3) is 4.65. The number of aliphatic carboxylic acids is 1. The van der Waals surface area contributed by atoms with Gasteiger partial charge in [0.25, 0.3) is 0 Å². The highest BCUT2D eigenvalue weighted by atomic mass is 16.6. The second kappa shape index (κ2) is 7.92. The number of carboxylic acid groups (broad SMARTS) is 1. The molecule has 2 aromatic carbocycles. The summed E-state index contributed by atoms with van der Waals surface area (Å²) >= 11 is 0. The van der Waals surface area contributed by atoms with E-state index in [2.05, 4.69) is 0 Å². The molecule has 0 aromatic heterocycles. The molecule has 0 bridgehead atoms. The van der Waals surface area contributed by atoms with Gasteiger partial charge < -0.3 is 20.1 Å². The van der Waals surface area contributed by atoms with Gasteiger partial charge in [-0.1, -0.05) is 59.7 Å². The molecule has 0 aliphatic rings. The molecule has 0 amide bonds. The fourth-order valence-electron chi connectivity index (χ4n) is 2.26. The van der Waals surface area contributed by atoms with E-state index in [1.807, 2.05) is 38.1 Å². The fourth-order valence-corrected chi connectivity index (χ4v) is 2.26. The Morgan fingerprint density at radius 1 is 0.800 bits per heavy atom. The molecule has 0 aliphatic heterocycles. The van der Waals surface area contributed by atoms with E-state index in [1.54, 1.807) is 24.3 Å². The van der Waals surface area contributed by atoms with Crippen LogP contribution in [0.4, 0.5) is 0 Å². The number of ether oxygens (including phenoxy) is 1. The van der Waals surface area contributed by atoms with Crippen LogP contribution >= 0.6 is 0 Å². The van der Waals surface area contributed by atoms with Crippen molar-refractivity contribution < 1.29 is 29.6 Å². The molecule has 25 heavy (non-hydrogen) atoms. The summed E-state index contributed by atoms with van der Waals surface area (Å²) in [6.45, 7) is 3.84. The lowest BCUT2D eigenvalue weighted by Crippen LogP contribution is -2.41. The Hall–Kier alpha value is -2.70. The number of carboxylic acids is 1. The first-order valence-corrected chi connectivity index (χ1v) is 7.72. The molecule has 0 spiro atoms. The van der Waals surface area contributed by atoms with Gasteiger partial charge in [0.05, 0.1) is 0 Å². The van der Waals surface area contributed by atoms with Crippen LogP contribution in [0.1, 0.15) is 28.4 Å². The summed E-state index contributed by atoms with van der Waals surface area (Å²) in [6, 6.07) is 14.6. The lowest BCUT2D eigenvalue weighted by Gasteiger charge is -2.22. The van der Waals surface area contributed by atoms with E-state index in [9.17, 15) is 19.8 Å². The van der Waals surface area contributed by atoms with Crippen LogP contribution in [0, 0.1) is 13.8 Å². The van der Waals surface area contributed by atoms with E-state index in [4.69, 9.17) is 9.84 Å². The monoisotopic (exact) mass is 344 g/mol. The Balaban J connectivity index is 2.31. The van der Waals surface area contributed by atoms with Crippen LogP contribution in [0.5, 0.6) is 0 Å². The highest BCUT2D eigenvalue weighted by Gasteiger charge is 2.33. The molecule has 0 aliphatic carbocycles. The van der Waals surface area contributed by atoms with E-state index in [1.165, 1.54) is 0 Å². The quantitative estimate of drug-likeness (QED) is 0.690. The molecule has 6 nitrogen and oxygen atoms in total. The van der Waals surface area contributed by atoms with Gasteiger partial charge >= 0.3 is 11.9 Å². The topological polar surface area (TPSA) is 104 Å². The lowest BCUT2D eigenvalue weighted by molar-refractivity contribution is -0.172. The number of rotatable bonds is 6. The van der Waals surface area contributed by atoms with Crippen LogP contribution < -0.4 is 0 Å². The molecule has 2 unspecified atom stereocenters. The van der Waals surface area contributed by atoms with Gasteiger partial charge in [-0.3, -0.25) is 0 Å². The maximum atomic E-state index is 12.1. The van der Waals surface area contributed by atoms with Crippen LogP contribution in [0.3, 0.4) is 0 Å². The van der Waals surface area contributed by atoms with Gasteiger partial charge in [0.2, 0.25) is 0 Å². The number of aliphatic hydroxyl groups is 2. The van der Waals surface area contributed by atoms with Gasteiger partial charge in [-0.05, 0) is 25.0 Å². The van der Waals surface area contributed by atoms with Crippen molar-refractivity contribution in [3.63, 3.8) is 0 Å². The number of benzene rings is 2. The Bertz CT molecular complexity index is 690. The maximum Gasteiger partial charge on any atom is 0.339 e. The SMILES string of the molecule is Cc1ccc(C(OC(=O)C(O)C(O)C(=O)O)c2ccc(C)cc2)cc1. The highest BCUT2D eigenvalue weighted by Crippen LogP contribution is 2.27. The van der Waals surface area contributed by atoms with Gasteiger partial charge in [-0.2, -0.15) is 0 Å². The summed E-state index contributed by atoms with van der Waals surface area (Å²) < 4.78 is 5.32. The second-order valence-corrected chi connectivity index (χ2v) is 5.87. The van der Waals surface area contributed by atoms with Crippen molar-refractivity contribution in [3.05, 3.63) is 70.8 Å². The molecule has 132 valence electrons. The molecular weight excluding hydrogens is 324 g/mol. The first kappa shape index (κ1) is 18.6. The zero-order valence-electron chi connectivity index (χ0n) is 13.9. The van der Waals surface area contributed by atoms with Crippen LogP contribution in [0.25, 0.3) is 0 Å². The maximum absolute atomic E-state index is 12.1. The third-order valence-corrected chi connectivity index (χ3v) is 3.79. The largest absolute Gasteiger partial charge is 0.479 e. The summed E-state index contributed by atoms with van der Waals surface area (Å²) in [6.07, 6.45) is -5.25. The first-order chi connectivity index (χ1) is 11.8. The third-order valence-electron chi connectivity index (χ3n) is 3.79. The number of carbonyl (C=O) groups is 2. The molecule has 0 fully saturated rings. The summed E-state index contributed by atoms with van der Waals surface area (Å²) in [7, 11) is 0. The lowest BCUT2D eigenvalue weighted by atomic mass is 9.99. The number of hydrogen-bond acceptors (Lipinski definition) is 5. The summed E-state index contributed by atoms with van der Waals surface area (Å²) in [5.41, 5.74) is 3.39. The van der Waals surface area contributed by atoms with Crippen molar-refractivity contribution in [1.29, 1.82) is 0 Å². The van der Waals surface area contributed by atoms with Crippen molar-refractivity contribution in [1.82, 2.24) is 0 Å². The average molecular weight is 344 g/mol. The molecular formula is C19H20O6. The molecule has 6 heteroatoms. The van der Waals surface area contributed by atoms with Gasteiger partial charge in [0.1, 0.15) is 0 Å². The van der Waals surface area contributed by atoms with Crippen molar-refractivity contribution in [2.24, 2.45) is 0 Å². The molecule has 2 rings (SSSR count). The first-order valence-electron chi connectivity index (χ1n) is 7.72. The van der Waals surface area contributed by atoms with Crippen molar-refractivity contribution in [3.8, 4) is 0 Å². The smallest absolute Gasteiger partial charge is 0.339 e. The van der Waals surface area contributed by atoms with Crippen LogP contribution in [0.15, 0.2) is 48.5 Å². The van der Waals surface area contributed by atoms with Gasteiger partial charge in [-0.25, -0.2) is 9.59 Å². The highest BCUT2D eigenvalue weighted by molar-refractivity contribution is 5.84. The average Bonchev–Trinajstić information content (AvgIpc) is 2.60. The van der Waals surface area contributed by atoms with E-state index < -0.39 is 30.3 Å². The van der Waals surface area contributed by atoms with Gasteiger partial charge in [-0.15, -0.1) is 0 Å². The minimum Gasteiger partial charge on any atom is -0.479 e. The molecule has 3 N–H and O–H groups in total. The standard InChI is InChI=1S/C19H20O6/c1-11-3-7-13(8-4-11)17(14-9-5-12(2)6-10-14)25-19(24)16(21)15(20)18(22)23/h3-10,15-17,20-21H,1-2H3,(H,22,23). The zero-order valence-corrected chi connectivity index (χ0v) is 13.9. The number of esters is 1. The normalized spacial score (nSPS) is 13.3. The van der Waals surface area contributed by atoms with E-state index in [0.717, 1.165) is 11.1 Å². The Labute approximate surface area is 145 Å². The van der Waals surface area contributed by atoms with Gasteiger partial charge in [0, 0.05) is 0 Å². The van der Waals surface area contributed by atoms with E-state index >= 15 is 0 Å². The van der Waals surface area contributed by atoms with Crippen LogP contribution in [0.2, 0.25) is 0 Å². The van der Waals surface area contributed by atoms with Crippen LogP contribution in [-0.4, -0.2) is 39.5 Å². The van der Waals surface area contributed by atoms with Gasteiger partial charge in [0.15, 0.2) is 18.3 Å². The Morgan fingerprint density at radius 3 is 1.56 bits per heavy atom. The number of aryl methyl sites for hydroxylation is 2. The van der Waals surface area contributed by atoms with Crippen molar-refractivity contribution >= 4 is 11.9 Å². The van der Waals surface area contributed by atoms with Crippen LogP contribution in [-0.2, 0) is 14.3 Å². The Morgan fingerprint density at radius 2 is 1.20 bits per heavy atom. The predicted molar refractivity (Wildman–Crippen MR) is 89.9 cm³/mol. The zero-order chi connectivity index (χ0) is 18.6. The minimum absolute atomic E-state index is 0.666. The summed E-state index contributed by atoms with van der Waals surface area (Å²) in [5, 5.41) is 27.7. The number of aliphatic hydroxyl groups excluding tert-OH is 2. The number of carbonyl (C=O) groups excluding carboxylic acids is 1. The molecule has 0 radical (unpaired) electrons. The minimum atomic E-state index is -2.25. The predicted octanol–water partition coefficient (Wildman–Crippen LogP) is 1.74. The number of hydrogen-bond donors (Lipinski definition) is 3.